The maximum absolute atomic E-state index is 13.3. The molecule has 3 aromatic heterocycles. The highest BCUT2D eigenvalue weighted by Gasteiger charge is 2.39. The first-order valence-corrected chi connectivity index (χ1v) is 7.50. The fourth-order valence-electron chi connectivity index (χ4n) is 2.46. The van der Waals surface area contributed by atoms with E-state index in [0.29, 0.717) is 0 Å². The number of primary amides is 1. The molecule has 2 amide bonds. The van der Waals surface area contributed by atoms with E-state index in [0.717, 1.165) is 28.2 Å². The monoisotopic (exact) mass is 406 g/mol. The van der Waals surface area contributed by atoms with Crippen molar-refractivity contribution in [2.75, 3.05) is 0 Å². The van der Waals surface area contributed by atoms with Gasteiger partial charge in [0.1, 0.15) is 17.0 Å². The predicted octanol–water partition coefficient (Wildman–Crippen LogP) is 1.67. The number of amides is 2. The van der Waals surface area contributed by atoms with Gasteiger partial charge < -0.3 is 0 Å². The van der Waals surface area contributed by atoms with Crippen LogP contribution in [0.2, 0.25) is 0 Å². The molecule has 7 nitrogen and oxygen atoms in total. The number of quaternary nitrogens is 1. The Morgan fingerprint density at radius 2 is 1.75 bits per heavy atom. The lowest BCUT2D eigenvalue weighted by atomic mass is 10.1. The zero-order chi connectivity index (χ0) is 20.9. The average molecular weight is 406 g/mol. The van der Waals surface area contributed by atoms with E-state index in [1.807, 2.05) is 0 Å². The minimum Gasteiger partial charge on any atom is -0.283 e. The zero-order valence-electron chi connectivity index (χ0n) is 13.8. The summed E-state index contributed by atoms with van der Waals surface area (Å²) in [4.78, 5) is 30.0. The molecule has 0 aliphatic carbocycles. The van der Waals surface area contributed by atoms with Crippen LogP contribution in [-0.4, -0.2) is 26.2 Å². The molecular weight excluding hydrogens is 396 g/mol. The number of pyridine rings is 2. The molecule has 0 aliphatic heterocycles. The van der Waals surface area contributed by atoms with E-state index in [4.69, 9.17) is 0 Å². The number of hydrogen-bond acceptors (Lipinski definition) is 4. The summed E-state index contributed by atoms with van der Waals surface area (Å²) in [6.07, 6.45) is -9.24. The van der Waals surface area contributed by atoms with Crippen LogP contribution in [-0.2, 0) is 17.1 Å². The lowest BCUT2D eigenvalue weighted by Gasteiger charge is -2.14. The number of nitrogens with one attached hydrogen (secondary N) is 1. The highest BCUT2D eigenvalue weighted by molar-refractivity contribution is 5.93. The molecule has 0 bridgehead atoms. The van der Waals surface area contributed by atoms with Crippen LogP contribution in [0, 0.1) is 0 Å². The van der Waals surface area contributed by atoms with Gasteiger partial charge >= 0.3 is 24.2 Å². The van der Waals surface area contributed by atoms with Crippen molar-refractivity contribution in [1.82, 2.24) is 19.8 Å². The maximum Gasteiger partial charge on any atom is 0.433 e. The largest absolute Gasteiger partial charge is 0.433 e. The number of rotatable bonds is 1. The van der Waals surface area contributed by atoms with Crippen molar-refractivity contribution in [2.24, 2.45) is 0 Å². The Morgan fingerprint density at radius 1 is 1.07 bits per heavy atom. The summed E-state index contributed by atoms with van der Waals surface area (Å²) >= 11 is 0. The third-order valence-corrected chi connectivity index (χ3v) is 3.63. The van der Waals surface area contributed by atoms with Gasteiger partial charge in [-0.05, 0) is 18.2 Å². The number of hydrogen-bond donors (Lipinski definition) is 2. The van der Waals surface area contributed by atoms with Crippen LogP contribution in [0.1, 0.15) is 28.7 Å². The fourth-order valence-corrected chi connectivity index (χ4v) is 2.46. The number of nitrogens with two attached hydrogens (primary N) is 1. The number of nitrogen functional groups attached to an aromatic ring is 1. The molecule has 148 valence electrons. The molecular formula is C15H10F6N5O2+. The van der Waals surface area contributed by atoms with E-state index in [2.05, 4.69) is 15.4 Å². The van der Waals surface area contributed by atoms with Gasteiger partial charge in [0.2, 0.25) is 0 Å². The molecule has 0 spiro atoms. The summed E-state index contributed by atoms with van der Waals surface area (Å²) in [5.41, 5.74) is -1.38. The lowest BCUT2D eigenvalue weighted by Crippen LogP contribution is -2.97. The molecule has 0 saturated carbocycles. The van der Waals surface area contributed by atoms with Crippen molar-refractivity contribution >= 4 is 28.5 Å². The van der Waals surface area contributed by atoms with Crippen molar-refractivity contribution in [1.29, 1.82) is 0 Å². The number of nitrogens with zero attached hydrogens (tertiary/aromatic N) is 3. The molecule has 3 rings (SSSR count). The number of alkyl halides is 6. The third kappa shape index (κ3) is 3.60. The summed E-state index contributed by atoms with van der Waals surface area (Å²) in [6, 6.07) is 1.97. The molecule has 0 fully saturated rings. The zero-order valence-corrected chi connectivity index (χ0v) is 13.8. The Kier molecular flexibility index (Phi) is 4.49. The van der Waals surface area contributed by atoms with Gasteiger partial charge in [-0.15, -0.1) is 0 Å². The molecule has 0 aromatic carbocycles. The van der Waals surface area contributed by atoms with E-state index in [9.17, 15) is 35.9 Å². The fraction of sp³-hybridized carbons (Fsp3) is 0.200. The number of fused-ring (bicyclic) bond motifs is 3. The second kappa shape index (κ2) is 6.44. The van der Waals surface area contributed by atoms with Crippen LogP contribution in [0.25, 0.3) is 16.7 Å². The van der Waals surface area contributed by atoms with Gasteiger partial charge in [-0.25, -0.2) is 14.8 Å². The van der Waals surface area contributed by atoms with Crippen LogP contribution in [0.5, 0.6) is 0 Å². The minimum atomic E-state index is -5.12. The van der Waals surface area contributed by atoms with Gasteiger partial charge in [-0.2, -0.15) is 37.2 Å². The van der Waals surface area contributed by atoms with Gasteiger partial charge in [-0.1, -0.05) is 0 Å². The van der Waals surface area contributed by atoms with E-state index in [-0.39, 0.29) is 17.4 Å². The average Bonchev–Trinajstić information content (AvgIpc) is 3.01. The third-order valence-electron chi connectivity index (χ3n) is 3.63. The highest BCUT2D eigenvalue weighted by Crippen LogP contribution is 2.38. The molecule has 3 heterocycles. The van der Waals surface area contributed by atoms with Crippen LogP contribution >= 0.6 is 0 Å². The quantitative estimate of drug-likeness (QED) is 0.278. The molecule has 0 atom stereocenters. The van der Waals surface area contributed by atoms with Gasteiger partial charge in [0.25, 0.3) is 0 Å². The van der Waals surface area contributed by atoms with Crippen molar-refractivity contribution in [3.63, 3.8) is 0 Å². The van der Waals surface area contributed by atoms with E-state index in [1.54, 1.807) is 0 Å². The van der Waals surface area contributed by atoms with Crippen molar-refractivity contribution in [3.05, 3.63) is 41.3 Å². The smallest absolute Gasteiger partial charge is 0.283 e. The first-order chi connectivity index (χ1) is 12.9. The van der Waals surface area contributed by atoms with Gasteiger partial charge in [0.05, 0.1) is 12.5 Å². The SMILES string of the molecule is CC(=O)[NH2+]NC(=O)c1cn2c(ccc3c(C(F)(F)F)cc(C(F)(F)F)nc32)n1. The van der Waals surface area contributed by atoms with E-state index < -0.39 is 46.5 Å². The van der Waals surface area contributed by atoms with Gasteiger partial charge in [0, 0.05) is 11.6 Å². The number of imidazole rings is 1. The number of carbonyl (C=O) groups excluding carboxylic acids is 2. The Hall–Kier alpha value is -3.22. The van der Waals surface area contributed by atoms with Crippen LogP contribution in [0.15, 0.2) is 24.4 Å². The Morgan fingerprint density at radius 3 is 2.32 bits per heavy atom. The maximum atomic E-state index is 13.3. The molecule has 0 aliphatic rings. The lowest BCUT2D eigenvalue weighted by molar-refractivity contribution is -0.611. The topological polar surface area (TPSA) is 93.0 Å². The van der Waals surface area contributed by atoms with Crippen molar-refractivity contribution < 1.29 is 41.4 Å². The Bertz CT molecular complexity index is 1100. The van der Waals surface area contributed by atoms with Crippen molar-refractivity contribution in [3.8, 4) is 0 Å². The molecule has 3 aromatic rings. The Balaban J connectivity index is 2.25. The Labute approximate surface area is 151 Å². The molecule has 13 heteroatoms. The van der Waals surface area contributed by atoms with Gasteiger partial charge in [-0.3, -0.25) is 9.20 Å². The highest BCUT2D eigenvalue weighted by atomic mass is 19.4. The summed E-state index contributed by atoms with van der Waals surface area (Å²) < 4.78 is 79.8. The predicted molar refractivity (Wildman–Crippen MR) is 80.6 cm³/mol. The van der Waals surface area contributed by atoms with Gasteiger partial charge in [0.15, 0.2) is 5.69 Å². The minimum absolute atomic E-state index is 0.0689. The molecule has 0 unspecified atom stereocenters. The standard InChI is InChI=1S/C15H9F6N5O2/c1-6(27)24-25-13(28)9-5-26-11(22-9)3-2-7-8(14(16,17)18)4-10(15(19,20)21)23-12(7)26/h2-5H,1H3,(H,24,27)(H,25,28)/p+1. The van der Waals surface area contributed by atoms with Crippen LogP contribution in [0.4, 0.5) is 26.3 Å². The molecule has 0 radical (unpaired) electrons. The van der Waals surface area contributed by atoms with E-state index >= 15 is 0 Å². The summed E-state index contributed by atoms with van der Waals surface area (Å²) in [5.74, 6) is -1.34. The number of aromatic nitrogens is 3. The number of halogens is 6. The second-order valence-corrected chi connectivity index (χ2v) is 5.70. The summed E-state index contributed by atoms with van der Waals surface area (Å²) in [7, 11) is 0. The first-order valence-electron chi connectivity index (χ1n) is 7.50. The molecule has 0 saturated heterocycles. The first kappa shape index (κ1) is 19.5. The molecule has 3 N–H and O–H groups in total. The van der Waals surface area contributed by atoms with Crippen molar-refractivity contribution in [2.45, 2.75) is 19.3 Å². The second-order valence-electron chi connectivity index (χ2n) is 5.70. The summed E-state index contributed by atoms with van der Waals surface area (Å²) in [5, 5.41) is -0.590. The van der Waals surface area contributed by atoms with Crippen LogP contribution in [0.3, 0.4) is 0 Å². The van der Waals surface area contributed by atoms with Crippen LogP contribution < -0.4 is 10.9 Å². The van der Waals surface area contributed by atoms with E-state index in [1.165, 1.54) is 6.92 Å². The normalized spacial score (nSPS) is 12.5. The number of carbonyl (C=O) groups is 2. The molecule has 28 heavy (non-hydrogen) atoms. The summed E-state index contributed by atoms with van der Waals surface area (Å²) in [6.45, 7) is 1.17.